The number of hydrogen-bond acceptors (Lipinski definition) is 4. The molecule has 0 aromatic carbocycles. The van der Waals surface area contributed by atoms with Crippen LogP contribution in [0.5, 0.6) is 0 Å². The van der Waals surface area contributed by atoms with Gasteiger partial charge in [-0.2, -0.15) is 10.2 Å². The maximum atomic E-state index is 12.6. The van der Waals surface area contributed by atoms with E-state index in [4.69, 9.17) is 0 Å². The fraction of sp³-hybridized carbons (Fsp3) is 0.529. The summed E-state index contributed by atoms with van der Waals surface area (Å²) in [5, 5.41) is 11.7. The van der Waals surface area contributed by atoms with E-state index in [1.807, 2.05) is 35.8 Å². The van der Waals surface area contributed by atoms with Crippen LogP contribution in [0.1, 0.15) is 29.8 Å². The number of amides is 2. The van der Waals surface area contributed by atoms with Crippen molar-refractivity contribution in [1.29, 1.82) is 0 Å². The molecule has 1 aliphatic carbocycles. The second-order valence-corrected chi connectivity index (χ2v) is 6.88. The number of anilines is 1. The number of rotatable bonds is 4. The van der Waals surface area contributed by atoms with Gasteiger partial charge in [0.15, 0.2) is 5.82 Å². The summed E-state index contributed by atoms with van der Waals surface area (Å²) in [6, 6.07) is 1.88. The molecule has 0 spiro atoms. The highest BCUT2D eigenvalue weighted by molar-refractivity contribution is 5.94. The molecule has 2 aromatic rings. The quantitative estimate of drug-likeness (QED) is 0.893. The maximum absolute atomic E-state index is 12.6. The molecule has 0 radical (unpaired) electrons. The van der Waals surface area contributed by atoms with Crippen LogP contribution in [0.25, 0.3) is 0 Å². The molecule has 1 aliphatic heterocycles. The van der Waals surface area contributed by atoms with Crippen molar-refractivity contribution >= 4 is 17.6 Å². The van der Waals surface area contributed by atoms with Crippen molar-refractivity contribution in [1.82, 2.24) is 24.5 Å². The highest BCUT2D eigenvalue weighted by Gasteiger charge is 2.32. The van der Waals surface area contributed by atoms with Crippen molar-refractivity contribution in [2.45, 2.75) is 39.3 Å². The Kier molecular flexibility index (Phi) is 3.82. The monoisotopic (exact) mass is 342 g/mol. The number of aromatic nitrogens is 4. The fourth-order valence-corrected chi connectivity index (χ4v) is 3.26. The molecule has 0 atom stereocenters. The Morgan fingerprint density at radius 2 is 2.12 bits per heavy atom. The summed E-state index contributed by atoms with van der Waals surface area (Å²) in [5.41, 5.74) is 2.93. The lowest BCUT2D eigenvalue weighted by Gasteiger charge is -2.27. The highest BCUT2D eigenvalue weighted by atomic mass is 16.2. The highest BCUT2D eigenvalue weighted by Crippen LogP contribution is 2.32. The Hall–Kier alpha value is -2.64. The van der Waals surface area contributed by atoms with Crippen molar-refractivity contribution in [3.63, 3.8) is 0 Å². The molecule has 0 saturated heterocycles. The first-order valence-electron chi connectivity index (χ1n) is 8.64. The number of carbonyl (C=O) groups is 2. The van der Waals surface area contributed by atoms with Gasteiger partial charge in [-0.1, -0.05) is 0 Å². The first-order chi connectivity index (χ1) is 12.0. The molecule has 2 aromatic heterocycles. The first kappa shape index (κ1) is 15.9. The fourth-order valence-electron chi connectivity index (χ4n) is 3.26. The molecule has 2 amide bonds. The van der Waals surface area contributed by atoms with Gasteiger partial charge >= 0.3 is 0 Å². The third-order valence-electron chi connectivity index (χ3n) is 4.86. The van der Waals surface area contributed by atoms with Gasteiger partial charge in [0.1, 0.15) is 6.54 Å². The normalized spacial score (nSPS) is 16.6. The first-order valence-corrected chi connectivity index (χ1v) is 8.64. The van der Waals surface area contributed by atoms with E-state index in [0.29, 0.717) is 18.9 Å². The zero-order valence-corrected chi connectivity index (χ0v) is 14.5. The number of nitrogens with zero attached hydrogens (tertiary/aromatic N) is 5. The number of aryl methyl sites for hydroxylation is 2. The van der Waals surface area contributed by atoms with Crippen LogP contribution in [-0.4, -0.2) is 42.8 Å². The van der Waals surface area contributed by atoms with Crippen molar-refractivity contribution in [2.75, 3.05) is 11.9 Å². The molecule has 1 saturated carbocycles. The lowest BCUT2D eigenvalue weighted by atomic mass is 10.1. The standard InChI is InChI=1S/C17H22N6O2/c1-11-5-8-23(19-11)10-15(24)22-7-6-14-13(9-22)16(20-21(14)2)18-17(25)12-3-4-12/h5,8,12H,3-4,6-7,9-10H2,1-2H3,(H,18,20,25). The van der Waals surface area contributed by atoms with E-state index in [9.17, 15) is 9.59 Å². The molecular formula is C17H22N6O2. The molecule has 0 unspecified atom stereocenters. The van der Waals surface area contributed by atoms with Crippen LogP contribution in [0.3, 0.4) is 0 Å². The van der Waals surface area contributed by atoms with Crippen LogP contribution < -0.4 is 5.32 Å². The van der Waals surface area contributed by atoms with Crippen LogP contribution >= 0.6 is 0 Å². The van der Waals surface area contributed by atoms with Crippen molar-refractivity contribution < 1.29 is 9.59 Å². The molecule has 2 aliphatic rings. The Morgan fingerprint density at radius 3 is 2.80 bits per heavy atom. The number of hydrogen-bond donors (Lipinski definition) is 1. The lowest BCUT2D eigenvalue weighted by Crippen LogP contribution is -2.38. The minimum absolute atomic E-state index is 0.0251. The Labute approximate surface area is 145 Å². The van der Waals surface area contributed by atoms with Gasteiger partial charge in [-0.3, -0.25) is 19.0 Å². The van der Waals surface area contributed by atoms with Gasteiger partial charge in [-0.05, 0) is 25.8 Å². The zero-order valence-electron chi connectivity index (χ0n) is 14.5. The van der Waals surface area contributed by atoms with E-state index >= 15 is 0 Å². The molecule has 0 bridgehead atoms. The lowest BCUT2D eigenvalue weighted by molar-refractivity contribution is -0.133. The van der Waals surface area contributed by atoms with Crippen molar-refractivity contribution in [3.8, 4) is 0 Å². The van der Waals surface area contributed by atoms with Gasteiger partial charge in [0, 0.05) is 43.4 Å². The Balaban J connectivity index is 1.49. The predicted octanol–water partition coefficient (Wildman–Crippen LogP) is 0.858. The Morgan fingerprint density at radius 1 is 1.32 bits per heavy atom. The summed E-state index contributed by atoms with van der Waals surface area (Å²) in [6.45, 7) is 3.26. The molecule has 1 fully saturated rings. The molecule has 1 N–H and O–H groups in total. The molecule has 4 rings (SSSR count). The van der Waals surface area contributed by atoms with E-state index in [-0.39, 0.29) is 24.3 Å². The van der Waals surface area contributed by atoms with E-state index in [2.05, 4.69) is 15.5 Å². The van der Waals surface area contributed by atoms with Gasteiger partial charge in [0.2, 0.25) is 11.8 Å². The van der Waals surface area contributed by atoms with Crippen LogP contribution in [0.15, 0.2) is 12.3 Å². The van der Waals surface area contributed by atoms with Crippen LogP contribution in [0.4, 0.5) is 5.82 Å². The summed E-state index contributed by atoms with van der Waals surface area (Å²) in [7, 11) is 1.88. The molecule has 8 heteroatoms. The summed E-state index contributed by atoms with van der Waals surface area (Å²) in [4.78, 5) is 26.5. The largest absolute Gasteiger partial charge is 0.336 e. The Bertz CT molecular complexity index is 832. The van der Waals surface area contributed by atoms with Crippen molar-refractivity contribution in [3.05, 3.63) is 29.2 Å². The van der Waals surface area contributed by atoms with Crippen molar-refractivity contribution in [2.24, 2.45) is 13.0 Å². The van der Waals surface area contributed by atoms with Gasteiger partial charge in [0.05, 0.1) is 12.2 Å². The number of carbonyl (C=O) groups excluding carboxylic acids is 2. The average molecular weight is 342 g/mol. The minimum Gasteiger partial charge on any atom is -0.336 e. The van der Waals surface area contributed by atoms with E-state index in [0.717, 1.165) is 36.2 Å². The van der Waals surface area contributed by atoms with Gasteiger partial charge in [-0.25, -0.2) is 0 Å². The molecule has 8 nitrogen and oxygen atoms in total. The zero-order chi connectivity index (χ0) is 17.6. The minimum atomic E-state index is 0.0251. The summed E-state index contributed by atoms with van der Waals surface area (Å²) < 4.78 is 3.47. The van der Waals surface area contributed by atoms with Gasteiger partial charge in [0.25, 0.3) is 0 Å². The second-order valence-electron chi connectivity index (χ2n) is 6.88. The molecule has 25 heavy (non-hydrogen) atoms. The van der Waals surface area contributed by atoms with Gasteiger partial charge < -0.3 is 10.2 Å². The summed E-state index contributed by atoms with van der Waals surface area (Å²) in [5.74, 6) is 0.789. The molecular weight excluding hydrogens is 320 g/mol. The van der Waals surface area contributed by atoms with E-state index in [1.54, 1.807) is 4.68 Å². The predicted molar refractivity (Wildman–Crippen MR) is 90.6 cm³/mol. The number of nitrogens with one attached hydrogen (secondary N) is 1. The molecule has 3 heterocycles. The van der Waals surface area contributed by atoms with E-state index in [1.165, 1.54) is 0 Å². The third-order valence-corrected chi connectivity index (χ3v) is 4.86. The maximum Gasteiger partial charge on any atom is 0.244 e. The van der Waals surface area contributed by atoms with Crippen LogP contribution in [0.2, 0.25) is 0 Å². The molecule has 132 valence electrons. The summed E-state index contributed by atoms with van der Waals surface area (Å²) in [6.07, 6.45) is 4.46. The van der Waals surface area contributed by atoms with Gasteiger partial charge in [-0.15, -0.1) is 0 Å². The SMILES string of the molecule is Cc1ccn(CC(=O)N2CCc3c(c(NC(=O)C4CC4)nn3C)C2)n1. The third kappa shape index (κ3) is 3.16. The topological polar surface area (TPSA) is 85.0 Å². The number of fused-ring (bicyclic) bond motifs is 1. The smallest absolute Gasteiger partial charge is 0.244 e. The average Bonchev–Trinajstić information content (AvgIpc) is 3.30. The van der Waals surface area contributed by atoms with Crippen LogP contribution in [-0.2, 0) is 36.1 Å². The van der Waals surface area contributed by atoms with Crippen LogP contribution in [0, 0.1) is 12.8 Å². The second kappa shape index (κ2) is 6.02. The summed E-state index contributed by atoms with van der Waals surface area (Å²) >= 11 is 0. The van der Waals surface area contributed by atoms with E-state index < -0.39 is 0 Å².